The zero-order chi connectivity index (χ0) is 20.6. The maximum Gasteiger partial charge on any atom is 0.416 e. The molecule has 1 saturated carbocycles. The summed E-state index contributed by atoms with van der Waals surface area (Å²) in [5.41, 5.74) is 1.46. The van der Waals surface area contributed by atoms with Gasteiger partial charge in [-0.2, -0.15) is 23.1 Å². The minimum absolute atomic E-state index is 0.0751. The van der Waals surface area contributed by atoms with Crippen molar-refractivity contribution in [2.45, 2.75) is 38.5 Å². The van der Waals surface area contributed by atoms with Gasteiger partial charge in [-0.3, -0.25) is 4.79 Å². The summed E-state index contributed by atoms with van der Waals surface area (Å²) in [6, 6.07) is 14.3. The second-order valence-electron chi connectivity index (χ2n) is 7.12. The van der Waals surface area contributed by atoms with Crippen LogP contribution in [0.4, 0.5) is 13.2 Å². The van der Waals surface area contributed by atoms with Crippen LogP contribution < -0.4 is 0 Å². The van der Waals surface area contributed by atoms with E-state index in [1.807, 2.05) is 30.3 Å². The third-order valence-electron chi connectivity index (χ3n) is 4.85. The van der Waals surface area contributed by atoms with Crippen molar-refractivity contribution in [3.63, 3.8) is 0 Å². The van der Waals surface area contributed by atoms with Crippen LogP contribution >= 0.6 is 0 Å². The summed E-state index contributed by atoms with van der Waals surface area (Å²) in [6.07, 6.45) is -2.63. The van der Waals surface area contributed by atoms with Crippen LogP contribution in [0.2, 0.25) is 0 Å². The molecular weight excluding hydrogens is 381 g/mol. The summed E-state index contributed by atoms with van der Waals surface area (Å²) in [7, 11) is 0. The molecule has 5 nitrogen and oxygen atoms in total. The number of carbonyl (C=O) groups excluding carboxylic acids is 1. The van der Waals surface area contributed by atoms with Crippen LogP contribution in [0.15, 0.2) is 54.6 Å². The van der Waals surface area contributed by atoms with Crippen LogP contribution in [0.5, 0.6) is 0 Å². The number of nitrogens with zero attached hydrogens (tertiary/aromatic N) is 4. The average molecular weight is 400 g/mol. The fourth-order valence-corrected chi connectivity index (χ4v) is 3.14. The van der Waals surface area contributed by atoms with E-state index in [0.717, 1.165) is 30.7 Å². The lowest BCUT2D eigenvalue weighted by Gasteiger charge is -2.22. The molecule has 1 fully saturated rings. The number of alkyl halides is 3. The van der Waals surface area contributed by atoms with Crippen molar-refractivity contribution in [1.29, 1.82) is 0 Å². The minimum Gasteiger partial charge on any atom is -0.330 e. The van der Waals surface area contributed by atoms with Crippen molar-refractivity contribution in [2.24, 2.45) is 0 Å². The molecule has 2 aromatic carbocycles. The molecule has 29 heavy (non-hydrogen) atoms. The second-order valence-corrected chi connectivity index (χ2v) is 7.12. The van der Waals surface area contributed by atoms with Gasteiger partial charge in [0.2, 0.25) is 0 Å². The monoisotopic (exact) mass is 400 g/mol. The first-order valence-electron chi connectivity index (χ1n) is 9.29. The fraction of sp³-hybridized carbons (Fsp3) is 0.286. The third-order valence-corrected chi connectivity index (χ3v) is 4.85. The van der Waals surface area contributed by atoms with Gasteiger partial charge in [0, 0.05) is 12.6 Å². The van der Waals surface area contributed by atoms with Crippen molar-refractivity contribution < 1.29 is 18.0 Å². The quantitative estimate of drug-likeness (QED) is 0.638. The van der Waals surface area contributed by atoms with Crippen molar-refractivity contribution in [3.05, 3.63) is 77.1 Å². The van der Waals surface area contributed by atoms with Gasteiger partial charge in [0.05, 0.1) is 16.9 Å². The molecule has 0 spiro atoms. The van der Waals surface area contributed by atoms with Crippen LogP contribution in [-0.4, -0.2) is 31.8 Å². The largest absolute Gasteiger partial charge is 0.416 e. The summed E-state index contributed by atoms with van der Waals surface area (Å²) in [5.74, 6) is -0.257. The van der Waals surface area contributed by atoms with E-state index in [1.165, 1.54) is 16.9 Å². The first kappa shape index (κ1) is 19.2. The molecule has 1 amide bonds. The van der Waals surface area contributed by atoms with Crippen LogP contribution in [0.25, 0.3) is 5.69 Å². The maximum atomic E-state index is 13.2. The molecule has 0 N–H and O–H groups in total. The Kier molecular flexibility index (Phi) is 4.86. The summed E-state index contributed by atoms with van der Waals surface area (Å²) in [4.78, 5) is 16.3. The number of carbonyl (C=O) groups is 1. The van der Waals surface area contributed by atoms with Gasteiger partial charge in [-0.05, 0) is 49.6 Å². The molecule has 0 bridgehead atoms. The number of aryl methyl sites for hydroxylation is 1. The molecule has 0 saturated heterocycles. The molecule has 3 aromatic rings. The highest BCUT2D eigenvalue weighted by Crippen LogP contribution is 2.32. The first-order chi connectivity index (χ1) is 13.8. The lowest BCUT2D eigenvalue weighted by molar-refractivity contribution is -0.137. The maximum absolute atomic E-state index is 13.2. The van der Waals surface area contributed by atoms with E-state index in [-0.39, 0.29) is 24.2 Å². The summed E-state index contributed by atoms with van der Waals surface area (Å²) >= 11 is 0. The van der Waals surface area contributed by atoms with E-state index in [1.54, 1.807) is 11.8 Å². The zero-order valence-corrected chi connectivity index (χ0v) is 15.7. The molecule has 1 aliphatic carbocycles. The van der Waals surface area contributed by atoms with E-state index < -0.39 is 11.7 Å². The van der Waals surface area contributed by atoms with E-state index >= 15 is 0 Å². The molecular formula is C21H19F3N4O. The predicted molar refractivity (Wildman–Crippen MR) is 100 cm³/mol. The van der Waals surface area contributed by atoms with E-state index in [9.17, 15) is 18.0 Å². The molecule has 1 aliphatic rings. The minimum atomic E-state index is -4.38. The molecule has 150 valence electrons. The Hall–Kier alpha value is -3.16. The van der Waals surface area contributed by atoms with Crippen molar-refractivity contribution in [3.8, 4) is 5.69 Å². The number of hydrogen-bond donors (Lipinski definition) is 0. The van der Waals surface area contributed by atoms with Gasteiger partial charge in [0.1, 0.15) is 0 Å². The van der Waals surface area contributed by atoms with Gasteiger partial charge in [-0.1, -0.05) is 30.3 Å². The summed E-state index contributed by atoms with van der Waals surface area (Å²) < 4.78 is 38.3. The molecule has 8 heteroatoms. The van der Waals surface area contributed by atoms with Crippen LogP contribution in [0.3, 0.4) is 0 Å². The smallest absolute Gasteiger partial charge is 0.330 e. The van der Waals surface area contributed by atoms with Gasteiger partial charge >= 0.3 is 6.18 Å². The average Bonchev–Trinajstić information content (AvgIpc) is 3.47. The highest BCUT2D eigenvalue weighted by Gasteiger charge is 2.35. The van der Waals surface area contributed by atoms with E-state index in [2.05, 4.69) is 10.2 Å². The molecule has 1 heterocycles. The number of para-hydroxylation sites is 1. The number of aromatic nitrogens is 3. The Morgan fingerprint density at radius 1 is 1.07 bits per heavy atom. The fourth-order valence-electron chi connectivity index (χ4n) is 3.14. The Balaban J connectivity index is 1.57. The van der Waals surface area contributed by atoms with Gasteiger partial charge < -0.3 is 4.90 Å². The van der Waals surface area contributed by atoms with Gasteiger partial charge in [0.25, 0.3) is 5.91 Å². The molecule has 0 atom stereocenters. The Bertz CT molecular complexity index is 1010. The Morgan fingerprint density at radius 3 is 2.31 bits per heavy atom. The van der Waals surface area contributed by atoms with Crippen molar-refractivity contribution >= 4 is 5.91 Å². The van der Waals surface area contributed by atoms with Gasteiger partial charge in [-0.15, -0.1) is 5.10 Å². The number of amides is 1. The topological polar surface area (TPSA) is 51.0 Å². The lowest BCUT2D eigenvalue weighted by Crippen LogP contribution is -2.33. The van der Waals surface area contributed by atoms with Crippen LogP contribution in [-0.2, 0) is 12.7 Å². The molecule has 0 aliphatic heterocycles. The first-order valence-corrected chi connectivity index (χ1v) is 9.29. The van der Waals surface area contributed by atoms with Crippen molar-refractivity contribution in [2.75, 3.05) is 0 Å². The summed E-state index contributed by atoms with van der Waals surface area (Å²) in [6.45, 7) is 1.96. The van der Waals surface area contributed by atoms with Crippen LogP contribution in [0.1, 0.15) is 40.2 Å². The third kappa shape index (κ3) is 4.16. The zero-order valence-electron chi connectivity index (χ0n) is 15.7. The number of rotatable bonds is 5. The summed E-state index contributed by atoms with van der Waals surface area (Å²) in [5, 5.41) is 8.71. The standard InChI is InChI=1S/C21H19F3N4O/c1-14-19(26-28(25-14)18-5-3-2-4-6-18)20(29)27(17-11-12-17)13-15-7-9-16(10-8-15)21(22,23)24/h2-10,17H,11-13H2,1H3. The normalized spacial score (nSPS) is 14.1. The highest BCUT2D eigenvalue weighted by molar-refractivity contribution is 5.93. The Labute approximate surface area is 165 Å². The molecule has 4 rings (SSSR count). The lowest BCUT2D eigenvalue weighted by atomic mass is 10.1. The SMILES string of the molecule is Cc1nn(-c2ccccc2)nc1C(=O)N(Cc1ccc(C(F)(F)F)cc1)C1CC1. The molecule has 0 unspecified atom stereocenters. The predicted octanol–water partition coefficient (Wildman–Crippen LogP) is 4.40. The number of halogens is 3. The van der Waals surface area contributed by atoms with Gasteiger partial charge in [-0.25, -0.2) is 0 Å². The van der Waals surface area contributed by atoms with Crippen molar-refractivity contribution in [1.82, 2.24) is 19.9 Å². The van der Waals surface area contributed by atoms with E-state index in [4.69, 9.17) is 0 Å². The van der Waals surface area contributed by atoms with Gasteiger partial charge in [0.15, 0.2) is 5.69 Å². The van der Waals surface area contributed by atoms with E-state index in [0.29, 0.717) is 11.3 Å². The highest BCUT2D eigenvalue weighted by atomic mass is 19.4. The number of hydrogen-bond acceptors (Lipinski definition) is 3. The second kappa shape index (κ2) is 7.35. The number of benzene rings is 2. The molecule has 0 radical (unpaired) electrons. The van der Waals surface area contributed by atoms with Crippen LogP contribution in [0, 0.1) is 6.92 Å². The molecule has 1 aromatic heterocycles. The Morgan fingerprint density at radius 2 is 1.72 bits per heavy atom.